The molecule has 0 unspecified atom stereocenters. The zero-order chi connectivity index (χ0) is 20.9. The van der Waals surface area contributed by atoms with Gasteiger partial charge in [0, 0.05) is 41.9 Å². The summed E-state index contributed by atoms with van der Waals surface area (Å²) < 4.78 is 0. The molecule has 5 nitrogen and oxygen atoms in total. The monoisotopic (exact) mass is 421 g/mol. The number of piperidine rings is 1. The number of carbonyl (C=O) groups excluding carboxylic acids is 2. The first kappa shape index (κ1) is 20.5. The van der Waals surface area contributed by atoms with Crippen molar-refractivity contribution < 1.29 is 9.59 Å². The largest absolute Gasteiger partial charge is 0.352 e. The predicted molar refractivity (Wildman–Crippen MR) is 122 cm³/mol. The molecule has 1 aromatic heterocycles. The van der Waals surface area contributed by atoms with Gasteiger partial charge in [-0.25, -0.2) is 0 Å². The highest BCUT2D eigenvalue weighted by Gasteiger charge is 2.25. The van der Waals surface area contributed by atoms with Crippen molar-refractivity contribution in [3.05, 3.63) is 65.9 Å². The van der Waals surface area contributed by atoms with E-state index in [9.17, 15) is 9.59 Å². The van der Waals surface area contributed by atoms with Gasteiger partial charge < -0.3 is 15.2 Å². The molecule has 0 radical (unpaired) electrons. The van der Waals surface area contributed by atoms with Gasteiger partial charge in [-0.3, -0.25) is 9.59 Å². The van der Waals surface area contributed by atoms with Gasteiger partial charge in [0.1, 0.15) is 5.69 Å². The van der Waals surface area contributed by atoms with E-state index in [1.165, 1.54) is 4.90 Å². The summed E-state index contributed by atoms with van der Waals surface area (Å²) in [4.78, 5) is 31.5. The molecule has 0 spiro atoms. The Morgan fingerprint density at radius 1 is 1.10 bits per heavy atom. The summed E-state index contributed by atoms with van der Waals surface area (Å²) in [7, 11) is 0. The number of carbonyl (C=O) groups is 2. The number of aromatic nitrogens is 1. The smallest absolute Gasteiger partial charge is 0.270 e. The first-order chi connectivity index (χ1) is 14.6. The maximum atomic E-state index is 12.8. The number of amides is 2. The summed E-state index contributed by atoms with van der Waals surface area (Å²) in [5.41, 5.74) is 2.73. The van der Waals surface area contributed by atoms with Crippen molar-refractivity contribution in [3.63, 3.8) is 0 Å². The average Bonchev–Trinajstić information content (AvgIpc) is 3.22. The lowest BCUT2D eigenvalue weighted by molar-refractivity contribution is -0.122. The Hall–Kier alpha value is -2.73. The third-order valence-electron chi connectivity index (χ3n) is 5.78. The Bertz CT molecular complexity index is 987. The fraction of sp³-hybridized carbons (Fsp3) is 0.333. The molecule has 30 heavy (non-hydrogen) atoms. The fourth-order valence-corrected chi connectivity index (χ4v) is 4.39. The van der Waals surface area contributed by atoms with Gasteiger partial charge in [-0.05, 0) is 54.8 Å². The van der Waals surface area contributed by atoms with Crippen molar-refractivity contribution in [3.8, 4) is 0 Å². The number of nitrogens with one attached hydrogen (secondary N) is 2. The van der Waals surface area contributed by atoms with Crippen LogP contribution in [0.5, 0.6) is 0 Å². The van der Waals surface area contributed by atoms with Crippen LogP contribution in [0, 0.1) is 5.92 Å². The third kappa shape index (κ3) is 4.87. The minimum absolute atomic E-state index is 0.0443. The summed E-state index contributed by atoms with van der Waals surface area (Å²) in [6.07, 6.45) is 4.30. The van der Waals surface area contributed by atoms with E-state index < -0.39 is 0 Å². The molecule has 1 aliphatic heterocycles. The second-order valence-corrected chi connectivity index (χ2v) is 8.71. The Kier molecular flexibility index (Phi) is 6.43. The van der Waals surface area contributed by atoms with Crippen LogP contribution in [0.25, 0.3) is 10.9 Å². The van der Waals surface area contributed by atoms with Gasteiger partial charge in [0.25, 0.3) is 5.91 Å². The number of fused-ring (bicyclic) bond motifs is 1. The molecular weight excluding hydrogens is 394 g/mol. The van der Waals surface area contributed by atoms with E-state index in [4.69, 9.17) is 0 Å². The molecule has 0 atom stereocenters. The zero-order valence-electron chi connectivity index (χ0n) is 17.2. The van der Waals surface area contributed by atoms with Crippen LogP contribution >= 0.6 is 11.8 Å². The summed E-state index contributed by atoms with van der Waals surface area (Å²) in [6, 6.07) is 18.1. The number of hydrogen-bond donors (Lipinski definition) is 2. The van der Waals surface area contributed by atoms with Gasteiger partial charge in [-0.2, -0.15) is 0 Å². The van der Waals surface area contributed by atoms with E-state index in [-0.39, 0.29) is 11.8 Å². The number of likely N-dealkylation sites (tertiary alicyclic amines) is 1. The number of hydrogen-bond acceptors (Lipinski definition) is 3. The lowest BCUT2D eigenvalue weighted by Gasteiger charge is -2.31. The van der Waals surface area contributed by atoms with Crippen LogP contribution in [-0.4, -0.2) is 41.0 Å². The molecule has 2 amide bonds. The van der Waals surface area contributed by atoms with E-state index in [1.54, 1.807) is 11.8 Å². The van der Waals surface area contributed by atoms with E-state index in [0.717, 1.165) is 29.3 Å². The van der Waals surface area contributed by atoms with Crippen LogP contribution in [0.2, 0.25) is 0 Å². The molecule has 0 bridgehead atoms. The molecule has 2 N–H and O–H groups in total. The number of benzene rings is 2. The van der Waals surface area contributed by atoms with E-state index >= 15 is 0 Å². The van der Waals surface area contributed by atoms with Crippen molar-refractivity contribution in [2.45, 2.75) is 30.7 Å². The molecule has 2 aromatic carbocycles. The molecule has 156 valence electrons. The number of H-pyrrole nitrogens is 1. The number of nitrogens with zero attached hydrogens (tertiary/aromatic N) is 1. The van der Waals surface area contributed by atoms with Gasteiger partial charge in [0.05, 0.1) is 0 Å². The van der Waals surface area contributed by atoms with Crippen LogP contribution in [0.3, 0.4) is 0 Å². The molecule has 4 rings (SSSR count). The SMILES string of the molecule is CSc1ccc(CNC(=O)CC2CCN(C(=O)c3cc4ccccc4[nH]3)CC2)cc1. The van der Waals surface area contributed by atoms with Crippen molar-refractivity contribution in [2.24, 2.45) is 5.92 Å². The van der Waals surface area contributed by atoms with Crippen LogP contribution < -0.4 is 5.32 Å². The predicted octanol–water partition coefficient (Wildman–Crippen LogP) is 4.45. The quantitative estimate of drug-likeness (QED) is 0.578. The number of para-hydroxylation sites is 1. The minimum Gasteiger partial charge on any atom is -0.352 e. The van der Waals surface area contributed by atoms with Gasteiger partial charge in [-0.15, -0.1) is 11.8 Å². The standard InChI is InChI=1S/C24H27N3O2S/c1-30-20-8-6-18(7-9-20)16-25-23(28)14-17-10-12-27(13-11-17)24(29)22-15-19-4-2-3-5-21(19)26-22/h2-9,15,17,26H,10-14,16H2,1H3,(H,25,28). The summed E-state index contributed by atoms with van der Waals surface area (Å²) in [6.45, 7) is 1.95. The first-order valence-corrected chi connectivity index (χ1v) is 11.6. The molecule has 2 heterocycles. The van der Waals surface area contributed by atoms with Crippen molar-refractivity contribution in [2.75, 3.05) is 19.3 Å². The highest BCUT2D eigenvalue weighted by molar-refractivity contribution is 7.98. The van der Waals surface area contributed by atoms with E-state index in [0.29, 0.717) is 37.7 Å². The number of thioether (sulfide) groups is 1. The average molecular weight is 422 g/mol. The Morgan fingerprint density at radius 2 is 1.83 bits per heavy atom. The van der Waals surface area contributed by atoms with Gasteiger partial charge in [0.15, 0.2) is 0 Å². The minimum atomic E-state index is 0.0443. The van der Waals surface area contributed by atoms with Crippen LogP contribution in [0.4, 0.5) is 0 Å². The summed E-state index contributed by atoms with van der Waals surface area (Å²) in [5, 5.41) is 4.08. The maximum absolute atomic E-state index is 12.8. The highest BCUT2D eigenvalue weighted by atomic mass is 32.2. The van der Waals surface area contributed by atoms with Gasteiger partial charge in [-0.1, -0.05) is 30.3 Å². The molecule has 1 aliphatic rings. The zero-order valence-corrected chi connectivity index (χ0v) is 18.0. The second-order valence-electron chi connectivity index (χ2n) is 7.83. The molecule has 1 saturated heterocycles. The Morgan fingerprint density at radius 3 is 2.53 bits per heavy atom. The Labute approximate surface area is 181 Å². The van der Waals surface area contributed by atoms with Crippen LogP contribution in [-0.2, 0) is 11.3 Å². The molecule has 6 heteroatoms. The third-order valence-corrected chi connectivity index (χ3v) is 6.53. The molecule has 1 fully saturated rings. The summed E-state index contributed by atoms with van der Waals surface area (Å²) in [5.74, 6) is 0.461. The fourth-order valence-electron chi connectivity index (χ4n) is 3.98. The van der Waals surface area contributed by atoms with Gasteiger partial charge in [0.2, 0.25) is 5.91 Å². The molecular formula is C24H27N3O2S. The van der Waals surface area contributed by atoms with Crippen LogP contribution in [0.15, 0.2) is 59.5 Å². The van der Waals surface area contributed by atoms with Crippen molar-refractivity contribution in [1.82, 2.24) is 15.2 Å². The lowest BCUT2D eigenvalue weighted by atomic mass is 9.93. The number of aromatic amines is 1. The van der Waals surface area contributed by atoms with E-state index in [1.807, 2.05) is 35.2 Å². The summed E-state index contributed by atoms with van der Waals surface area (Å²) >= 11 is 1.71. The van der Waals surface area contributed by atoms with Crippen LogP contribution in [0.1, 0.15) is 35.3 Å². The second kappa shape index (κ2) is 9.39. The van der Waals surface area contributed by atoms with Crippen molar-refractivity contribution >= 4 is 34.5 Å². The lowest BCUT2D eigenvalue weighted by Crippen LogP contribution is -2.39. The van der Waals surface area contributed by atoms with Gasteiger partial charge >= 0.3 is 0 Å². The maximum Gasteiger partial charge on any atom is 0.270 e. The van der Waals surface area contributed by atoms with Crippen molar-refractivity contribution in [1.29, 1.82) is 0 Å². The molecule has 3 aromatic rings. The highest BCUT2D eigenvalue weighted by Crippen LogP contribution is 2.23. The normalized spacial score (nSPS) is 14.8. The molecule has 0 saturated carbocycles. The molecule has 0 aliphatic carbocycles. The Balaban J connectivity index is 1.23. The first-order valence-electron chi connectivity index (χ1n) is 10.4. The topological polar surface area (TPSA) is 65.2 Å². The van der Waals surface area contributed by atoms with E-state index in [2.05, 4.69) is 40.8 Å². The number of rotatable bonds is 6.